The van der Waals surface area contributed by atoms with Crippen molar-refractivity contribution in [2.45, 2.75) is 148 Å². The molecule has 15 heteroatoms. The second kappa shape index (κ2) is 18.7. The van der Waals surface area contributed by atoms with Gasteiger partial charge in [0, 0.05) is 68.1 Å². The summed E-state index contributed by atoms with van der Waals surface area (Å²) < 4.78 is 33.2. The van der Waals surface area contributed by atoms with Crippen molar-refractivity contribution in [2.75, 3.05) is 27.7 Å². The lowest BCUT2D eigenvalue weighted by Crippen LogP contribution is -2.60. The molecule has 0 bridgehead atoms. The van der Waals surface area contributed by atoms with Gasteiger partial charge in [0.1, 0.15) is 23.9 Å². The van der Waals surface area contributed by atoms with Gasteiger partial charge in [0.2, 0.25) is 0 Å². The number of aliphatic hydroxyl groups is 1. The molecule has 3 fully saturated rings. The van der Waals surface area contributed by atoms with E-state index in [1.807, 2.05) is 62.7 Å². The van der Waals surface area contributed by atoms with E-state index in [1.165, 1.54) is 14.0 Å². The van der Waals surface area contributed by atoms with Crippen molar-refractivity contribution in [3.05, 3.63) is 37.1 Å². The second-order valence-corrected chi connectivity index (χ2v) is 17.3. The maximum Gasteiger partial charge on any atom is 0.410 e. The van der Waals surface area contributed by atoms with Crippen molar-refractivity contribution in [2.24, 2.45) is 23.7 Å². The number of esters is 1. The summed E-state index contributed by atoms with van der Waals surface area (Å²) in [6.45, 7) is 14.9. The number of ether oxygens (including phenoxy) is 5. The third kappa shape index (κ3) is 9.33. The van der Waals surface area contributed by atoms with E-state index in [2.05, 4.69) is 9.97 Å². The third-order valence-electron chi connectivity index (χ3n) is 12.8. The van der Waals surface area contributed by atoms with Gasteiger partial charge in [-0.3, -0.25) is 19.4 Å². The van der Waals surface area contributed by atoms with E-state index in [9.17, 15) is 24.3 Å². The Balaban J connectivity index is 1.43. The first-order chi connectivity index (χ1) is 27.4. The first-order valence-electron chi connectivity index (χ1n) is 20.8. The number of hydrogen-bond acceptors (Lipinski definition) is 13. The van der Waals surface area contributed by atoms with Crippen molar-refractivity contribution >= 4 is 23.6 Å². The minimum Gasteiger partial charge on any atom is -0.458 e. The number of methoxy groups -OCH3 is 1. The molecule has 1 N–H and O–H groups in total. The number of pyridine rings is 1. The van der Waals surface area contributed by atoms with Gasteiger partial charge in [-0.15, -0.1) is 0 Å². The predicted molar refractivity (Wildman–Crippen MR) is 214 cm³/mol. The average molecular weight is 812 g/mol. The molecule has 3 saturated heterocycles. The van der Waals surface area contributed by atoms with Gasteiger partial charge in [0.05, 0.1) is 35.9 Å². The van der Waals surface area contributed by atoms with Crippen LogP contribution in [-0.2, 0) is 44.6 Å². The smallest absolute Gasteiger partial charge is 0.410 e. The number of likely N-dealkylation sites (N-methyl/N-ethyl adjacent to an activating group) is 1. The first kappa shape index (κ1) is 45.3. The van der Waals surface area contributed by atoms with Crippen LogP contribution in [0.2, 0.25) is 0 Å². The van der Waals surface area contributed by atoms with Gasteiger partial charge in [-0.25, -0.2) is 9.78 Å². The first-order valence-corrected chi connectivity index (χ1v) is 20.8. The summed E-state index contributed by atoms with van der Waals surface area (Å²) in [6, 6.07) is 2.74. The van der Waals surface area contributed by atoms with Crippen LogP contribution in [0.3, 0.4) is 0 Å². The molecule has 5 heterocycles. The normalized spacial score (nSPS) is 36.7. The van der Waals surface area contributed by atoms with E-state index in [4.69, 9.17) is 23.7 Å². The highest BCUT2D eigenvalue weighted by molar-refractivity contribution is 6.00. The molecule has 0 aliphatic carbocycles. The Morgan fingerprint density at radius 1 is 1.02 bits per heavy atom. The Morgan fingerprint density at radius 2 is 1.72 bits per heavy atom. The maximum atomic E-state index is 14.7. The Bertz CT molecular complexity index is 1740. The van der Waals surface area contributed by atoms with Crippen molar-refractivity contribution in [1.29, 1.82) is 0 Å². The molecule has 0 saturated carbocycles. The molecule has 15 nitrogen and oxygen atoms in total. The Morgan fingerprint density at radius 3 is 2.36 bits per heavy atom. The molecule has 0 aromatic carbocycles. The Kier molecular flexibility index (Phi) is 14.6. The molecule has 0 spiro atoms. The van der Waals surface area contributed by atoms with Crippen molar-refractivity contribution in [1.82, 2.24) is 24.3 Å². The van der Waals surface area contributed by atoms with Crippen molar-refractivity contribution in [3.63, 3.8) is 0 Å². The number of Topliss-reactive ketones (excluding diaryl/α,β-unsaturated/α-hetero) is 2. The van der Waals surface area contributed by atoms with Gasteiger partial charge in [0.25, 0.3) is 0 Å². The standard InChI is InChI=1S/C43H65N5O10/c1-12-33-43(8)37(48(41(53)58-43)19-14-13-18-47-23-31(45-24-47)30-16-15-17-44-22-30)27(4)34(49)25(2)21-42(7,54-11)38(28(5)35(50)29(6)39(52)56-33)57-40-36(51)32(46(9)10)20-26(3)55-40/h15-17,22-29,32-33,36-38,40,51H,12-14,18-21H2,1-11H3/t25?,26?,27?,28?,29?,32?,33?,36?,37?,38?,40?,42-,43-/m1/s1. The number of aliphatic hydroxyl groups excluding tert-OH is 1. The largest absolute Gasteiger partial charge is 0.458 e. The number of hydrogen-bond donors (Lipinski definition) is 1. The van der Waals surface area contributed by atoms with Crippen molar-refractivity contribution < 1.29 is 48.0 Å². The summed E-state index contributed by atoms with van der Waals surface area (Å²) in [4.78, 5) is 69.0. The van der Waals surface area contributed by atoms with Crippen LogP contribution in [0.25, 0.3) is 11.3 Å². The van der Waals surface area contributed by atoms with Gasteiger partial charge in [-0.2, -0.15) is 0 Å². The number of aromatic nitrogens is 3. The van der Waals surface area contributed by atoms with Crippen LogP contribution < -0.4 is 0 Å². The Hall–Kier alpha value is -3.76. The van der Waals surface area contributed by atoms with E-state index in [0.717, 1.165) is 11.3 Å². The summed E-state index contributed by atoms with van der Waals surface area (Å²) in [5, 5.41) is 11.4. The summed E-state index contributed by atoms with van der Waals surface area (Å²) in [5.41, 5.74) is -0.938. The van der Waals surface area contributed by atoms with E-state index >= 15 is 0 Å². The fourth-order valence-corrected chi connectivity index (χ4v) is 9.43. The highest BCUT2D eigenvalue weighted by atomic mass is 16.7. The zero-order valence-electron chi connectivity index (χ0n) is 36.1. The number of cyclic esters (lactones) is 1. The molecule has 3 aliphatic rings. The molecule has 13 atom stereocenters. The van der Waals surface area contributed by atoms with Crippen LogP contribution in [0.1, 0.15) is 87.5 Å². The van der Waals surface area contributed by atoms with E-state index in [-0.39, 0.29) is 30.8 Å². The lowest BCUT2D eigenvalue weighted by atomic mass is 9.73. The van der Waals surface area contributed by atoms with Crippen molar-refractivity contribution in [3.8, 4) is 11.3 Å². The fourth-order valence-electron chi connectivity index (χ4n) is 9.43. The number of amides is 1. The number of carbonyl (C=O) groups excluding carboxylic acids is 4. The minimum absolute atomic E-state index is 0.130. The highest BCUT2D eigenvalue weighted by Crippen LogP contribution is 2.43. The molecule has 58 heavy (non-hydrogen) atoms. The summed E-state index contributed by atoms with van der Waals surface area (Å²) in [6.07, 6.45) is 4.45. The molecular formula is C43H65N5O10. The molecule has 2 aromatic heterocycles. The summed E-state index contributed by atoms with van der Waals surface area (Å²) >= 11 is 0. The van der Waals surface area contributed by atoms with Gasteiger partial charge in [0.15, 0.2) is 17.7 Å². The van der Waals surface area contributed by atoms with E-state index < -0.39 is 83.4 Å². The maximum absolute atomic E-state index is 14.7. The highest BCUT2D eigenvalue weighted by Gasteiger charge is 2.60. The molecular weight excluding hydrogens is 746 g/mol. The molecule has 5 rings (SSSR count). The van der Waals surface area contributed by atoms with Gasteiger partial charge < -0.3 is 43.2 Å². The fraction of sp³-hybridized carbons (Fsp3) is 0.721. The monoisotopic (exact) mass is 811 g/mol. The van der Waals surface area contributed by atoms with Crippen LogP contribution >= 0.6 is 0 Å². The van der Waals surface area contributed by atoms with Crippen LogP contribution in [-0.4, -0.2) is 135 Å². The number of aryl methyl sites for hydroxylation is 1. The SMILES string of the molecule is CCC1OC(=O)C(C)C(=O)C(C)C(OC2OC(C)CC(N(C)C)C2O)[C@](C)(OC)CC(C)C(=O)C(C)C2N(CCCCn3cnc(-c4cccnc4)c3)C(=O)O[C@]12C. The average Bonchev–Trinajstić information content (AvgIpc) is 3.78. The number of fused-ring (bicyclic) bond motifs is 1. The van der Waals surface area contributed by atoms with Gasteiger partial charge in [-0.1, -0.05) is 27.7 Å². The molecule has 11 unspecified atom stereocenters. The van der Waals surface area contributed by atoms with Crippen LogP contribution in [0.4, 0.5) is 4.79 Å². The van der Waals surface area contributed by atoms with Gasteiger partial charge in [-0.05, 0) is 86.0 Å². The zero-order valence-corrected chi connectivity index (χ0v) is 36.1. The number of carbonyl (C=O) groups is 4. The lowest BCUT2D eigenvalue weighted by Gasteiger charge is -2.47. The number of nitrogens with zero attached hydrogens (tertiary/aromatic N) is 5. The minimum atomic E-state index is -1.40. The quantitative estimate of drug-likeness (QED) is 0.184. The van der Waals surface area contributed by atoms with Crippen LogP contribution in [0.15, 0.2) is 37.1 Å². The zero-order chi connectivity index (χ0) is 42.7. The topological polar surface area (TPSA) is 172 Å². The molecule has 322 valence electrons. The lowest BCUT2D eigenvalue weighted by molar-refractivity contribution is -0.295. The van der Waals surface area contributed by atoms with Crippen LogP contribution in [0.5, 0.6) is 0 Å². The molecule has 2 aromatic rings. The second-order valence-electron chi connectivity index (χ2n) is 17.3. The van der Waals surface area contributed by atoms with Crippen LogP contribution in [0, 0.1) is 23.7 Å². The Labute approximate surface area is 343 Å². The van der Waals surface area contributed by atoms with E-state index in [0.29, 0.717) is 32.4 Å². The molecule has 1 amide bonds. The molecule has 3 aliphatic heterocycles. The summed E-state index contributed by atoms with van der Waals surface area (Å²) in [7, 11) is 5.24. The summed E-state index contributed by atoms with van der Waals surface area (Å²) in [5.74, 6) is -4.95. The van der Waals surface area contributed by atoms with Gasteiger partial charge >= 0.3 is 12.1 Å². The number of rotatable bonds is 11. The molecule has 0 radical (unpaired) electrons. The predicted octanol–water partition coefficient (Wildman–Crippen LogP) is 4.93. The number of unbranched alkanes of at least 4 members (excludes halogenated alkanes) is 1. The third-order valence-corrected chi connectivity index (χ3v) is 12.8. The number of ketones is 2. The number of imidazole rings is 1. The van der Waals surface area contributed by atoms with E-state index in [1.54, 1.807) is 51.3 Å².